The Morgan fingerprint density at radius 3 is 1.89 bits per heavy atom. The van der Waals surface area contributed by atoms with Crippen LogP contribution in [0.5, 0.6) is 0 Å². The molecule has 0 aliphatic carbocycles. The molecule has 0 spiro atoms. The second-order valence-corrected chi connectivity index (χ2v) is 6.55. The van der Waals surface area contributed by atoms with Crippen LogP contribution in [-0.2, 0) is 19.1 Å². The lowest BCUT2D eigenvalue weighted by Crippen LogP contribution is -2.31. The topological polar surface area (TPSA) is 52.6 Å². The summed E-state index contributed by atoms with van der Waals surface area (Å²) in [4.78, 5) is 23.7. The van der Waals surface area contributed by atoms with Crippen molar-refractivity contribution in [3.05, 3.63) is 12.7 Å². The van der Waals surface area contributed by atoms with Crippen molar-refractivity contribution in [3.8, 4) is 0 Å². The molecule has 19 heavy (non-hydrogen) atoms. The molecule has 0 heterocycles. The van der Waals surface area contributed by atoms with Gasteiger partial charge >= 0.3 is 11.9 Å². The number of hydrogen-bond acceptors (Lipinski definition) is 4. The highest BCUT2D eigenvalue weighted by Gasteiger charge is 2.28. The largest absolute Gasteiger partial charge is 0.460 e. The van der Waals surface area contributed by atoms with Gasteiger partial charge in [0.15, 0.2) is 0 Å². The summed E-state index contributed by atoms with van der Waals surface area (Å²) in [7, 11) is 0. The van der Waals surface area contributed by atoms with E-state index in [-0.39, 0.29) is 6.42 Å². The van der Waals surface area contributed by atoms with Gasteiger partial charge < -0.3 is 9.47 Å². The number of ether oxygens (including phenoxy) is 2. The molecule has 0 saturated carbocycles. The summed E-state index contributed by atoms with van der Waals surface area (Å²) in [5, 5.41) is 0. The number of rotatable bonds is 5. The standard InChI is InChI=1S/C15H26O4/c1-8-9-11(13(17)19-15(5,6)7)10-12(16)18-14(2,3)4/h8,11H,1,9-10H2,2-7H3. The van der Waals surface area contributed by atoms with Crippen LogP contribution >= 0.6 is 0 Å². The number of allylic oxidation sites excluding steroid dienone is 1. The summed E-state index contributed by atoms with van der Waals surface area (Å²) >= 11 is 0. The van der Waals surface area contributed by atoms with Crippen molar-refractivity contribution >= 4 is 11.9 Å². The smallest absolute Gasteiger partial charge is 0.310 e. The lowest BCUT2D eigenvalue weighted by atomic mass is 10.0. The van der Waals surface area contributed by atoms with E-state index in [1.165, 1.54) is 0 Å². The van der Waals surface area contributed by atoms with Crippen LogP contribution in [0.2, 0.25) is 0 Å². The Labute approximate surface area is 116 Å². The summed E-state index contributed by atoms with van der Waals surface area (Å²) in [5.41, 5.74) is -1.12. The van der Waals surface area contributed by atoms with E-state index in [4.69, 9.17) is 9.47 Å². The summed E-state index contributed by atoms with van der Waals surface area (Å²) in [6.07, 6.45) is 2.02. The normalized spacial score (nSPS) is 13.6. The van der Waals surface area contributed by atoms with Gasteiger partial charge in [0.25, 0.3) is 0 Å². The maximum absolute atomic E-state index is 12.0. The highest BCUT2D eigenvalue weighted by atomic mass is 16.6. The summed E-state index contributed by atoms with van der Waals surface area (Å²) in [6, 6.07) is 0. The van der Waals surface area contributed by atoms with Crippen molar-refractivity contribution in [2.24, 2.45) is 5.92 Å². The SMILES string of the molecule is C=CCC(CC(=O)OC(C)(C)C)C(=O)OC(C)(C)C. The molecule has 0 aliphatic rings. The lowest BCUT2D eigenvalue weighted by molar-refractivity contribution is -0.167. The van der Waals surface area contributed by atoms with Crippen molar-refractivity contribution in [2.75, 3.05) is 0 Å². The first-order valence-corrected chi connectivity index (χ1v) is 6.50. The zero-order valence-corrected chi connectivity index (χ0v) is 12.9. The predicted octanol–water partition coefficient (Wildman–Crippen LogP) is 3.25. The van der Waals surface area contributed by atoms with Gasteiger partial charge in [-0.1, -0.05) is 6.08 Å². The van der Waals surface area contributed by atoms with Crippen molar-refractivity contribution < 1.29 is 19.1 Å². The van der Waals surface area contributed by atoms with E-state index in [2.05, 4.69) is 6.58 Å². The number of carbonyl (C=O) groups is 2. The Morgan fingerprint density at radius 1 is 1.05 bits per heavy atom. The van der Waals surface area contributed by atoms with Crippen LogP contribution in [0.3, 0.4) is 0 Å². The summed E-state index contributed by atoms with van der Waals surface area (Å²) in [5.74, 6) is -1.32. The predicted molar refractivity (Wildman–Crippen MR) is 74.6 cm³/mol. The van der Waals surface area contributed by atoms with E-state index in [0.29, 0.717) is 6.42 Å². The van der Waals surface area contributed by atoms with Gasteiger partial charge in [0, 0.05) is 0 Å². The molecule has 0 bridgehead atoms. The van der Waals surface area contributed by atoms with E-state index >= 15 is 0 Å². The molecule has 1 unspecified atom stereocenters. The maximum Gasteiger partial charge on any atom is 0.310 e. The third kappa shape index (κ3) is 9.28. The first-order valence-electron chi connectivity index (χ1n) is 6.50. The third-order valence-corrected chi connectivity index (χ3v) is 2.02. The van der Waals surface area contributed by atoms with Crippen molar-refractivity contribution in [3.63, 3.8) is 0 Å². The Morgan fingerprint density at radius 2 is 1.53 bits per heavy atom. The molecule has 0 fully saturated rings. The first-order chi connectivity index (χ1) is 8.44. The summed E-state index contributed by atoms with van der Waals surface area (Å²) in [6.45, 7) is 14.4. The lowest BCUT2D eigenvalue weighted by Gasteiger charge is -2.24. The fourth-order valence-corrected chi connectivity index (χ4v) is 1.43. The van der Waals surface area contributed by atoms with E-state index in [1.807, 2.05) is 0 Å². The fraction of sp³-hybridized carbons (Fsp3) is 0.733. The molecular formula is C15H26O4. The molecule has 0 aliphatic heterocycles. The Kier molecular flexibility index (Phi) is 6.27. The van der Waals surface area contributed by atoms with E-state index in [1.54, 1.807) is 47.6 Å². The highest BCUT2D eigenvalue weighted by Crippen LogP contribution is 2.19. The minimum Gasteiger partial charge on any atom is -0.460 e. The van der Waals surface area contributed by atoms with E-state index in [9.17, 15) is 9.59 Å². The van der Waals surface area contributed by atoms with Gasteiger partial charge in [0.1, 0.15) is 11.2 Å². The van der Waals surface area contributed by atoms with Crippen molar-refractivity contribution in [1.29, 1.82) is 0 Å². The zero-order valence-electron chi connectivity index (χ0n) is 12.9. The monoisotopic (exact) mass is 270 g/mol. The average Bonchev–Trinajstić information content (AvgIpc) is 2.10. The van der Waals surface area contributed by atoms with E-state index in [0.717, 1.165) is 0 Å². The molecule has 0 aromatic carbocycles. The Hall–Kier alpha value is -1.32. The average molecular weight is 270 g/mol. The van der Waals surface area contributed by atoms with Crippen LogP contribution < -0.4 is 0 Å². The van der Waals surface area contributed by atoms with Crippen LogP contribution in [0.1, 0.15) is 54.4 Å². The van der Waals surface area contributed by atoms with Gasteiger partial charge in [-0.05, 0) is 48.0 Å². The number of esters is 2. The van der Waals surface area contributed by atoms with Gasteiger partial charge in [-0.3, -0.25) is 9.59 Å². The molecule has 0 aromatic heterocycles. The van der Waals surface area contributed by atoms with Gasteiger partial charge in [-0.15, -0.1) is 6.58 Å². The molecule has 0 rings (SSSR count). The van der Waals surface area contributed by atoms with Crippen LogP contribution in [0, 0.1) is 5.92 Å². The van der Waals surface area contributed by atoms with Crippen LogP contribution in [-0.4, -0.2) is 23.1 Å². The molecule has 0 saturated heterocycles. The van der Waals surface area contributed by atoms with Crippen molar-refractivity contribution in [1.82, 2.24) is 0 Å². The van der Waals surface area contributed by atoms with Crippen LogP contribution in [0.25, 0.3) is 0 Å². The second-order valence-electron chi connectivity index (χ2n) is 6.55. The molecular weight excluding hydrogens is 244 g/mol. The Balaban J connectivity index is 4.61. The first kappa shape index (κ1) is 17.7. The van der Waals surface area contributed by atoms with Gasteiger partial charge in [0.2, 0.25) is 0 Å². The summed E-state index contributed by atoms with van der Waals surface area (Å²) < 4.78 is 10.5. The minimum atomic E-state index is -0.565. The van der Waals surface area contributed by atoms with Crippen LogP contribution in [0.15, 0.2) is 12.7 Å². The quantitative estimate of drug-likeness (QED) is 0.568. The molecule has 110 valence electrons. The van der Waals surface area contributed by atoms with E-state index < -0.39 is 29.1 Å². The second kappa shape index (κ2) is 6.73. The molecule has 0 radical (unpaired) electrons. The van der Waals surface area contributed by atoms with Gasteiger partial charge in [-0.25, -0.2) is 0 Å². The molecule has 0 N–H and O–H groups in total. The number of carbonyl (C=O) groups excluding carboxylic acids is 2. The molecule has 4 nitrogen and oxygen atoms in total. The maximum atomic E-state index is 12.0. The number of hydrogen-bond donors (Lipinski definition) is 0. The molecule has 1 atom stereocenters. The molecule has 0 aromatic rings. The van der Waals surface area contributed by atoms with Gasteiger partial charge in [-0.2, -0.15) is 0 Å². The van der Waals surface area contributed by atoms with Crippen LogP contribution in [0.4, 0.5) is 0 Å². The zero-order chi connectivity index (χ0) is 15.3. The molecule has 0 amide bonds. The fourth-order valence-electron chi connectivity index (χ4n) is 1.43. The highest BCUT2D eigenvalue weighted by molar-refractivity contribution is 5.80. The minimum absolute atomic E-state index is 0.0121. The van der Waals surface area contributed by atoms with Gasteiger partial charge in [0.05, 0.1) is 12.3 Å². The molecule has 4 heteroatoms. The third-order valence-electron chi connectivity index (χ3n) is 2.02. The Bertz CT molecular complexity index is 331. The van der Waals surface area contributed by atoms with Crippen molar-refractivity contribution in [2.45, 2.75) is 65.6 Å².